The van der Waals surface area contributed by atoms with E-state index < -0.39 is 0 Å². The van der Waals surface area contributed by atoms with Crippen molar-refractivity contribution in [3.63, 3.8) is 0 Å². The third-order valence-electron chi connectivity index (χ3n) is 3.89. The SMILES string of the molecule is C1=C(c2ccccc2Cc2ccccc2)CCCC1. The molecule has 19 heavy (non-hydrogen) atoms. The zero-order valence-corrected chi connectivity index (χ0v) is 11.3. The minimum atomic E-state index is 1.04. The molecule has 1 aliphatic carbocycles. The van der Waals surface area contributed by atoms with Gasteiger partial charge in [-0.3, -0.25) is 0 Å². The lowest BCUT2D eigenvalue weighted by Crippen LogP contribution is -1.98. The number of benzene rings is 2. The average Bonchev–Trinajstić information content (AvgIpc) is 2.50. The molecule has 1 aliphatic rings. The lowest BCUT2D eigenvalue weighted by atomic mass is 9.89. The molecule has 3 rings (SSSR count). The van der Waals surface area contributed by atoms with E-state index in [4.69, 9.17) is 0 Å². The van der Waals surface area contributed by atoms with Gasteiger partial charge in [0.25, 0.3) is 0 Å². The van der Waals surface area contributed by atoms with Gasteiger partial charge in [0.2, 0.25) is 0 Å². The summed E-state index contributed by atoms with van der Waals surface area (Å²) in [5, 5.41) is 0. The largest absolute Gasteiger partial charge is 0.0807 e. The Morgan fingerprint density at radius 1 is 0.789 bits per heavy atom. The van der Waals surface area contributed by atoms with Crippen LogP contribution in [0.1, 0.15) is 42.4 Å². The number of hydrogen-bond acceptors (Lipinski definition) is 0. The molecule has 0 heteroatoms. The van der Waals surface area contributed by atoms with E-state index in [1.807, 2.05) is 0 Å². The molecule has 0 radical (unpaired) electrons. The Kier molecular flexibility index (Phi) is 3.78. The molecule has 0 unspecified atom stereocenters. The molecular formula is C19H20. The summed E-state index contributed by atoms with van der Waals surface area (Å²) in [5.74, 6) is 0. The van der Waals surface area contributed by atoms with Crippen LogP contribution in [0.15, 0.2) is 60.7 Å². The minimum Gasteiger partial charge on any atom is -0.0807 e. The maximum Gasteiger partial charge on any atom is -0.00197 e. The second-order valence-corrected chi connectivity index (χ2v) is 5.29. The molecule has 0 nitrogen and oxygen atoms in total. The second-order valence-electron chi connectivity index (χ2n) is 5.29. The first-order chi connectivity index (χ1) is 9.43. The van der Waals surface area contributed by atoms with Gasteiger partial charge in [-0.25, -0.2) is 0 Å². The Bertz CT molecular complexity index is 564. The summed E-state index contributed by atoms with van der Waals surface area (Å²) >= 11 is 0. The summed E-state index contributed by atoms with van der Waals surface area (Å²) in [5.41, 5.74) is 5.87. The Hall–Kier alpha value is -1.82. The van der Waals surface area contributed by atoms with E-state index in [9.17, 15) is 0 Å². The summed E-state index contributed by atoms with van der Waals surface area (Å²) in [6.45, 7) is 0. The van der Waals surface area contributed by atoms with Crippen LogP contribution in [0.4, 0.5) is 0 Å². The quantitative estimate of drug-likeness (QED) is 0.697. The van der Waals surface area contributed by atoms with Gasteiger partial charge in [0.1, 0.15) is 0 Å². The monoisotopic (exact) mass is 248 g/mol. The van der Waals surface area contributed by atoms with Crippen molar-refractivity contribution in [1.82, 2.24) is 0 Å². The second kappa shape index (κ2) is 5.88. The smallest absolute Gasteiger partial charge is 0.00197 e. The van der Waals surface area contributed by atoms with Gasteiger partial charge in [-0.2, -0.15) is 0 Å². The zero-order chi connectivity index (χ0) is 12.9. The van der Waals surface area contributed by atoms with E-state index >= 15 is 0 Å². The average molecular weight is 248 g/mol. The van der Waals surface area contributed by atoms with Gasteiger partial charge in [0.15, 0.2) is 0 Å². The third kappa shape index (κ3) is 2.96. The molecular weight excluding hydrogens is 228 g/mol. The standard InChI is InChI=1S/C19H20/c1-3-9-16(10-4-1)15-18-13-7-8-14-19(18)17-11-5-2-6-12-17/h1,3-4,7-11,13-14H,2,5-6,12,15H2. The molecule has 0 amide bonds. The predicted octanol–water partition coefficient (Wildman–Crippen LogP) is 5.23. The van der Waals surface area contributed by atoms with Crippen LogP contribution in [-0.4, -0.2) is 0 Å². The third-order valence-corrected chi connectivity index (χ3v) is 3.89. The van der Waals surface area contributed by atoms with Crippen LogP contribution >= 0.6 is 0 Å². The molecule has 0 bridgehead atoms. The summed E-state index contributed by atoms with van der Waals surface area (Å²) in [6, 6.07) is 19.6. The van der Waals surface area contributed by atoms with Crippen LogP contribution < -0.4 is 0 Å². The number of hydrogen-bond donors (Lipinski definition) is 0. The van der Waals surface area contributed by atoms with Gasteiger partial charge >= 0.3 is 0 Å². The summed E-state index contributed by atoms with van der Waals surface area (Å²) in [6.07, 6.45) is 8.65. The highest BCUT2D eigenvalue weighted by Gasteiger charge is 2.10. The van der Waals surface area contributed by atoms with E-state index in [1.54, 1.807) is 5.57 Å². The van der Waals surface area contributed by atoms with Crippen LogP contribution in [0.5, 0.6) is 0 Å². The first-order valence-corrected chi connectivity index (χ1v) is 7.25. The van der Waals surface area contributed by atoms with Gasteiger partial charge in [-0.05, 0) is 54.4 Å². The van der Waals surface area contributed by atoms with Crippen molar-refractivity contribution in [2.75, 3.05) is 0 Å². The van der Waals surface area contributed by atoms with E-state index in [0.717, 1.165) is 6.42 Å². The van der Waals surface area contributed by atoms with Gasteiger partial charge in [0, 0.05) is 0 Å². The fraction of sp³-hybridized carbons (Fsp3) is 0.263. The summed E-state index contributed by atoms with van der Waals surface area (Å²) in [4.78, 5) is 0. The van der Waals surface area contributed by atoms with Crippen LogP contribution in [0, 0.1) is 0 Å². The summed E-state index contributed by atoms with van der Waals surface area (Å²) < 4.78 is 0. The molecule has 0 heterocycles. The van der Waals surface area contributed by atoms with Gasteiger partial charge in [-0.1, -0.05) is 60.7 Å². The fourth-order valence-corrected chi connectivity index (χ4v) is 2.89. The van der Waals surface area contributed by atoms with Crippen molar-refractivity contribution in [3.05, 3.63) is 77.4 Å². The molecule has 0 atom stereocenters. The molecule has 0 aliphatic heterocycles. The molecule has 0 aromatic heterocycles. The van der Waals surface area contributed by atoms with E-state index in [1.165, 1.54) is 42.4 Å². The highest BCUT2D eigenvalue weighted by molar-refractivity contribution is 5.69. The van der Waals surface area contributed by atoms with Crippen molar-refractivity contribution < 1.29 is 0 Å². The number of rotatable bonds is 3. The van der Waals surface area contributed by atoms with Crippen LogP contribution in [0.25, 0.3) is 5.57 Å². The summed E-state index contributed by atoms with van der Waals surface area (Å²) in [7, 11) is 0. The molecule has 2 aromatic rings. The molecule has 96 valence electrons. The number of allylic oxidation sites excluding steroid dienone is 2. The zero-order valence-electron chi connectivity index (χ0n) is 11.3. The van der Waals surface area contributed by atoms with Gasteiger partial charge < -0.3 is 0 Å². The topological polar surface area (TPSA) is 0 Å². The van der Waals surface area contributed by atoms with E-state index in [-0.39, 0.29) is 0 Å². The van der Waals surface area contributed by atoms with Gasteiger partial charge in [0.05, 0.1) is 0 Å². The molecule has 0 fully saturated rings. The molecule has 0 saturated heterocycles. The lowest BCUT2D eigenvalue weighted by molar-refractivity contribution is 0.741. The van der Waals surface area contributed by atoms with Crippen molar-refractivity contribution in [2.24, 2.45) is 0 Å². The Morgan fingerprint density at radius 3 is 2.37 bits per heavy atom. The van der Waals surface area contributed by atoms with Crippen molar-refractivity contribution in [3.8, 4) is 0 Å². The minimum absolute atomic E-state index is 1.04. The highest BCUT2D eigenvalue weighted by Crippen LogP contribution is 2.29. The Labute approximate surface area is 115 Å². The van der Waals surface area contributed by atoms with Crippen LogP contribution in [0.3, 0.4) is 0 Å². The molecule has 0 spiro atoms. The normalized spacial score (nSPS) is 15.1. The Balaban J connectivity index is 1.91. The first-order valence-electron chi connectivity index (χ1n) is 7.25. The maximum absolute atomic E-state index is 2.44. The van der Waals surface area contributed by atoms with E-state index in [0.29, 0.717) is 0 Å². The van der Waals surface area contributed by atoms with Crippen LogP contribution in [0.2, 0.25) is 0 Å². The van der Waals surface area contributed by atoms with Crippen molar-refractivity contribution in [1.29, 1.82) is 0 Å². The highest BCUT2D eigenvalue weighted by atomic mass is 14.1. The lowest BCUT2D eigenvalue weighted by Gasteiger charge is -2.16. The van der Waals surface area contributed by atoms with E-state index in [2.05, 4.69) is 60.7 Å². The van der Waals surface area contributed by atoms with Gasteiger partial charge in [-0.15, -0.1) is 0 Å². The fourth-order valence-electron chi connectivity index (χ4n) is 2.89. The van der Waals surface area contributed by atoms with Crippen molar-refractivity contribution >= 4 is 5.57 Å². The predicted molar refractivity (Wildman–Crippen MR) is 82.1 cm³/mol. The molecule has 2 aromatic carbocycles. The van der Waals surface area contributed by atoms with Crippen molar-refractivity contribution in [2.45, 2.75) is 32.1 Å². The molecule has 0 N–H and O–H groups in total. The maximum atomic E-state index is 2.44. The Morgan fingerprint density at radius 2 is 1.58 bits per heavy atom. The first kappa shape index (κ1) is 12.2. The molecule has 0 saturated carbocycles. The van der Waals surface area contributed by atoms with Crippen LogP contribution in [-0.2, 0) is 6.42 Å².